The van der Waals surface area contributed by atoms with Crippen LogP contribution in [0.2, 0.25) is 0 Å². The Bertz CT molecular complexity index is 1330. The third-order valence-corrected chi connectivity index (χ3v) is 5.11. The van der Waals surface area contributed by atoms with Crippen LogP contribution in [0.3, 0.4) is 0 Å². The molecule has 0 aliphatic rings. The summed E-state index contributed by atoms with van der Waals surface area (Å²) in [4.78, 5) is 29.8. The minimum Gasteiger partial charge on any atom is -0.438 e. The third-order valence-electron chi connectivity index (χ3n) is 5.11. The molecular weight excluding hydrogens is 433 g/mol. The Balaban J connectivity index is 1.60. The molecule has 1 N–H and O–H groups in total. The van der Waals surface area contributed by atoms with E-state index in [9.17, 15) is 9.18 Å². The van der Waals surface area contributed by atoms with Gasteiger partial charge in [-0.2, -0.15) is 0 Å². The summed E-state index contributed by atoms with van der Waals surface area (Å²) >= 11 is 0. The molecule has 1 amide bonds. The fourth-order valence-electron chi connectivity index (χ4n) is 3.32. The lowest BCUT2D eigenvalue weighted by atomic mass is 10.0. The smallest absolute Gasteiger partial charge is 0.255 e. The van der Waals surface area contributed by atoms with Crippen LogP contribution in [-0.4, -0.2) is 25.8 Å². The molecule has 2 heterocycles. The van der Waals surface area contributed by atoms with Gasteiger partial charge in [0.2, 0.25) is 5.88 Å². The number of anilines is 1. The largest absolute Gasteiger partial charge is 0.438 e. The predicted molar refractivity (Wildman–Crippen MR) is 127 cm³/mol. The molecule has 4 rings (SSSR count). The summed E-state index contributed by atoms with van der Waals surface area (Å²) in [5, 5.41) is 2.82. The van der Waals surface area contributed by atoms with Crippen LogP contribution in [-0.2, 0) is 6.42 Å². The maximum Gasteiger partial charge on any atom is 0.255 e. The van der Waals surface area contributed by atoms with Gasteiger partial charge in [0.25, 0.3) is 5.91 Å². The average Bonchev–Trinajstić information content (AvgIpc) is 2.84. The molecule has 8 heteroatoms. The number of amides is 1. The van der Waals surface area contributed by atoms with Gasteiger partial charge in [-0.25, -0.2) is 24.3 Å². The fourth-order valence-corrected chi connectivity index (χ4v) is 3.32. The van der Waals surface area contributed by atoms with E-state index in [2.05, 4.69) is 39.1 Å². The molecule has 0 fully saturated rings. The van der Waals surface area contributed by atoms with Gasteiger partial charge in [-0.1, -0.05) is 32.9 Å². The number of nitrogens with zero attached hydrogens (tertiary/aromatic N) is 4. The zero-order valence-electron chi connectivity index (χ0n) is 19.1. The standard InChI is InChI=1S/C26H24FN5O2/c1-4-23-29-15-30-24(32-23)22-9-6-10-28-26(22)34-21-13-18(11-19(27)14-21)25(33)31-20-8-5-7-17(12-20)16(2)3/h5-16H,4H2,1-3H3,(H,31,33). The Hall–Kier alpha value is -4.20. The first-order chi connectivity index (χ1) is 16.4. The van der Waals surface area contributed by atoms with Gasteiger partial charge < -0.3 is 10.1 Å². The highest BCUT2D eigenvalue weighted by Gasteiger charge is 2.15. The highest BCUT2D eigenvalue weighted by atomic mass is 19.1. The molecule has 0 aliphatic carbocycles. The molecule has 0 saturated carbocycles. The van der Waals surface area contributed by atoms with Gasteiger partial charge in [-0.3, -0.25) is 4.79 Å². The second-order valence-corrected chi connectivity index (χ2v) is 7.95. The number of aromatic nitrogens is 4. The normalized spacial score (nSPS) is 10.9. The summed E-state index contributed by atoms with van der Waals surface area (Å²) in [5.74, 6) is 0.612. The van der Waals surface area contributed by atoms with E-state index in [0.29, 0.717) is 35.2 Å². The van der Waals surface area contributed by atoms with E-state index in [1.54, 1.807) is 24.4 Å². The van der Waals surface area contributed by atoms with Crippen LogP contribution in [0, 0.1) is 5.82 Å². The number of carbonyl (C=O) groups excluding carboxylic acids is 1. The van der Waals surface area contributed by atoms with Crippen molar-refractivity contribution in [3.8, 4) is 23.0 Å². The molecular formula is C26H24FN5O2. The van der Waals surface area contributed by atoms with Crippen LogP contribution < -0.4 is 10.1 Å². The highest BCUT2D eigenvalue weighted by Crippen LogP contribution is 2.30. The molecule has 0 atom stereocenters. The van der Waals surface area contributed by atoms with Crippen molar-refractivity contribution in [1.82, 2.24) is 19.9 Å². The van der Waals surface area contributed by atoms with Gasteiger partial charge in [0, 0.05) is 29.9 Å². The summed E-state index contributed by atoms with van der Waals surface area (Å²) in [6, 6.07) is 14.9. The number of nitrogens with one attached hydrogen (secondary N) is 1. The maximum atomic E-state index is 14.4. The molecule has 2 aromatic carbocycles. The van der Waals surface area contributed by atoms with E-state index in [-0.39, 0.29) is 17.2 Å². The zero-order valence-corrected chi connectivity index (χ0v) is 19.1. The number of halogens is 1. The van der Waals surface area contributed by atoms with E-state index < -0.39 is 11.7 Å². The van der Waals surface area contributed by atoms with Gasteiger partial charge in [0.05, 0.1) is 5.56 Å². The number of hydrogen-bond donors (Lipinski definition) is 1. The SMILES string of the molecule is CCc1ncnc(-c2cccnc2Oc2cc(F)cc(C(=O)Nc3cccc(C(C)C)c3)c2)n1. The quantitative estimate of drug-likeness (QED) is 0.377. The zero-order chi connectivity index (χ0) is 24.1. The number of carbonyl (C=O) groups is 1. The summed E-state index contributed by atoms with van der Waals surface area (Å²) in [5.41, 5.74) is 2.38. The van der Waals surface area contributed by atoms with Crippen LogP contribution in [0.1, 0.15) is 48.4 Å². The minimum atomic E-state index is -0.607. The first-order valence-corrected chi connectivity index (χ1v) is 11.0. The summed E-state index contributed by atoms with van der Waals surface area (Å²) < 4.78 is 20.3. The Morgan fingerprint density at radius 2 is 1.91 bits per heavy atom. The molecule has 34 heavy (non-hydrogen) atoms. The van der Waals surface area contributed by atoms with Gasteiger partial charge in [-0.15, -0.1) is 0 Å². The molecule has 0 saturated heterocycles. The van der Waals surface area contributed by atoms with E-state index >= 15 is 0 Å². The molecule has 0 radical (unpaired) electrons. The Labute approximate surface area is 197 Å². The Morgan fingerprint density at radius 3 is 2.71 bits per heavy atom. The van der Waals surface area contributed by atoms with Crippen molar-refractivity contribution in [3.63, 3.8) is 0 Å². The molecule has 2 aromatic heterocycles. The summed E-state index contributed by atoms with van der Waals surface area (Å²) in [6.07, 6.45) is 3.63. The van der Waals surface area contributed by atoms with Crippen LogP contribution in [0.25, 0.3) is 11.4 Å². The average molecular weight is 458 g/mol. The molecule has 0 aliphatic heterocycles. The number of pyridine rings is 1. The maximum absolute atomic E-state index is 14.4. The van der Waals surface area contributed by atoms with Crippen molar-refractivity contribution in [2.24, 2.45) is 0 Å². The van der Waals surface area contributed by atoms with Crippen molar-refractivity contribution in [2.45, 2.75) is 33.1 Å². The monoisotopic (exact) mass is 457 g/mol. The lowest BCUT2D eigenvalue weighted by Gasteiger charge is -2.12. The molecule has 0 bridgehead atoms. The summed E-state index contributed by atoms with van der Waals surface area (Å²) in [6.45, 7) is 6.09. The van der Waals surface area contributed by atoms with Gasteiger partial charge >= 0.3 is 0 Å². The topological polar surface area (TPSA) is 89.9 Å². The number of ether oxygens (including phenoxy) is 1. The Kier molecular flexibility index (Phi) is 6.87. The van der Waals surface area contributed by atoms with Crippen LogP contribution in [0.15, 0.2) is 67.1 Å². The van der Waals surface area contributed by atoms with Crippen LogP contribution in [0.5, 0.6) is 11.6 Å². The van der Waals surface area contributed by atoms with E-state index in [4.69, 9.17) is 4.74 Å². The first kappa shape index (κ1) is 23.0. The second kappa shape index (κ2) is 10.2. The molecule has 0 spiro atoms. The third kappa shape index (κ3) is 5.40. The lowest BCUT2D eigenvalue weighted by Crippen LogP contribution is -2.12. The van der Waals surface area contributed by atoms with Gasteiger partial charge in [0.15, 0.2) is 5.82 Å². The first-order valence-electron chi connectivity index (χ1n) is 11.0. The highest BCUT2D eigenvalue weighted by molar-refractivity contribution is 6.04. The van der Waals surface area contributed by atoms with E-state index in [1.165, 1.54) is 18.5 Å². The molecule has 0 unspecified atom stereocenters. The number of aryl methyl sites for hydroxylation is 1. The van der Waals surface area contributed by atoms with Crippen molar-refractivity contribution < 1.29 is 13.9 Å². The van der Waals surface area contributed by atoms with Crippen molar-refractivity contribution in [2.75, 3.05) is 5.32 Å². The molecule has 172 valence electrons. The predicted octanol–water partition coefficient (Wildman–Crippen LogP) is 5.80. The number of hydrogen-bond acceptors (Lipinski definition) is 6. The van der Waals surface area contributed by atoms with Crippen LogP contribution in [0.4, 0.5) is 10.1 Å². The molecule has 7 nitrogen and oxygen atoms in total. The molecule has 4 aromatic rings. The van der Waals surface area contributed by atoms with E-state index in [0.717, 1.165) is 11.6 Å². The second-order valence-electron chi connectivity index (χ2n) is 7.95. The van der Waals surface area contributed by atoms with Crippen molar-refractivity contribution in [1.29, 1.82) is 0 Å². The van der Waals surface area contributed by atoms with Crippen molar-refractivity contribution in [3.05, 3.63) is 89.9 Å². The minimum absolute atomic E-state index is 0.121. The number of benzene rings is 2. The van der Waals surface area contributed by atoms with Gasteiger partial charge in [0.1, 0.15) is 23.7 Å². The summed E-state index contributed by atoms with van der Waals surface area (Å²) in [7, 11) is 0. The van der Waals surface area contributed by atoms with E-state index in [1.807, 2.05) is 25.1 Å². The lowest BCUT2D eigenvalue weighted by molar-refractivity contribution is 0.102. The van der Waals surface area contributed by atoms with Crippen LogP contribution >= 0.6 is 0 Å². The number of rotatable bonds is 7. The Morgan fingerprint density at radius 1 is 1.06 bits per heavy atom. The van der Waals surface area contributed by atoms with Crippen molar-refractivity contribution >= 4 is 11.6 Å². The van der Waals surface area contributed by atoms with Gasteiger partial charge in [-0.05, 0) is 47.9 Å². The fraction of sp³-hybridized carbons (Fsp3) is 0.192.